The third-order valence-electron chi connectivity index (χ3n) is 14.9. The van der Waals surface area contributed by atoms with Gasteiger partial charge in [0.15, 0.2) is 12.2 Å². The van der Waals surface area contributed by atoms with Crippen LogP contribution in [0.2, 0.25) is 0 Å². The van der Waals surface area contributed by atoms with Crippen LogP contribution in [0, 0.1) is 11.8 Å². The second-order valence-electron chi connectivity index (χ2n) is 22.9. The summed E-state index contributed by atoms with van der Waals surface area (Å²) in [7, 11) is -9.88. The summed E-state index contributed by atoms with van der Waals surface area (Å²) >= 11 is 0. The van der Waals surface area contributed by atoms with E-state index in [9.17, 15) is 43.2 Å². The van der Waals surface area contributed by atoms with Crippen LogP contribution in [0.4, 0.5) is 0 Å². The molecule has 0 spiro atoms. The van der Waals surface area contributed by atoms with Crippen molar-refractivity contribution in [2.24, 2.45) is 11.8 Å². The Kier molecular flexibility index (Phi) is 53.4. The van der Waals surface area contributed by atoms with E-state index in [1.807, 2.05) is 0 Å². The SMILES string of the molecule is CCCCCCCCCCCCCCC(=O)OC[C@H](COP(=O)(O)OC[C@@H](O)COP(=O)(O)OC[C@@H](COC(=O)CCCCCCC)OC(=O)CCCCCCCCC(C)CC)OC(=O)CCCCCCCCCCCCC(C)CC. The summed E-state index contributed by atoms with van der Waals surface area (Å²) in [5.41, 5.74) is 0. The van der Waals surface area contributed by atoms with Gasteiger partial charge in [-0.15, -0.1) is 0 Å². The first-order chi connectivity index (χ1) is 38.9. The summed E-state index contributed by atoms with van der Waals surface area (Å²) in [4.78, 5) is 71.9. The van der Waals surface area contributed by atoms with Crippen LogP contribution in [0.25, 0.3) is 0 Å². The predicted molar refractivity (Wildman–Crippen MR) is 321 cm³/mol. The minimum atomic E-state index is -4.94. The van der Waals surface area contributed by atoms with Gasteiger partial charge in [0, 0.05) is 25.7 Å². The molecule has 0 bridgehead atoms. The monoisotopic (exact) mass is 1200 g/mol. The fourth-order valence-electron chi connectivity index (χ4n) is 9.11. The molecule has 0 radical (unpaired) electrons. The number of esters is 4. The molecule has 0 amide bonds. The van der Waals surface area contributed by atoms with E-state index >= 15 is 0 Å². The molecule has 81 heavy (non-hydrogen) atoms. The Morgan fingerprint density at radius 3 is 0.877 bits per heavy atom. The minimum Gasteiger partial charge on any atom is -0.462 e. The first-order valence-electron chi connectivity index (χ1n) is 32.6. The van der Waals surface area contributed by atoms with Crippen molar-refractivity contribution in [3.05, 3.63) is 0 Å². The quantitative estimate of drug-likeness (QED) is 0.0222. The molecule has 0 aliphatic heterocycles. The lowest BCUT2D eigenvalue weighted by Crippen LogP contribution is -2.30. The Hall–Kier alpha value is -1.94. The maximum atomic E-state index is 13.0. The normalized spacial score (nSPS) is 15.0. The minimum absolute atomic E-state index is 0.102. The fourth-order valence-corrected chi connectivity index (χ4v) is 10.7. The average molecular weight is 1200 g/mol. The van der Waals surface area contributed by atoms with Crippen LogP contribution in [0.3, 0.4) is 0 Å². The maximum Gasteiger partial charge on any atom is 0.472 e. The highest BCUT2D eigenvalue weighted by atomic mass is 31.2. The molecule has 0 aromatic rings. The van der Waals surface area contributed by atoms with Crippen LogP contribution in [0.5, 0.6) is 0 Å². The van der Waals surface area contributed by atoms with Crippen LogP contribution in [0.1, 0.15) is 305 Å². The summed E-state index contributed by atoms with van der Waals surface area (Å²) < 4.78 is 67.7. The van der Waals surface area contributed by atoms with Gasteiger partial charge in [-0.25, -0.2) is 9.13 Å². The summed E-state index contributed by atoms with van der Waals surface area (Å²) in [5, 5.41) is 10.5. The molecule has 0 aromatic heterocycles. The van der Waals surface area contributed by atoms with Crippen molar-refractivity contribution in [2.75, 3.05) is 39.6 Å². The molecule has 0 aliphatic rings. The van der Waals surface area contributed by atoms with Crippen LogP contribution in [-0.4, -0.2) is 96.7 Å². The Morgan fingerprint density at radius 2 is 0.593 bits per heavy atom. The number of carbonyl (C=O) groups is 4. The summed E-state index contributed by atoms with van der Waals surface area (Å²) in [6, 6.07) is 0. The number of phosphoric acid groups is 2. The number of carbonyl (C=O) groups excluding carboxylic acids is 4. The molecule has 0 aromatic carbocycles. The van der Waals surface area contributed by atoms with Crippen molar-refractivity contribution in [2.45, 2.75) is 323 Å². The van der Waals surface area contributed by atoms with Gasteiger partial charge >= 0.3 is 39.5 Å². The standard InChI is InChI=1S/C62H120O17P2/c1-7-11-13-15-16-17-18-19-23-26-33-39-45-60(65)73-51-58(78-61(66)46-40-34-27-24-21-20-22-25-31-36-42-54(5)9-3)53-77-81(70,71)75-49-56(63)48-74-80(68,69)76-52-57(50-72-59(64)44-38-30-14-12-8-2)79-62(67)47-41-35-29-28-32-37-43-55(6)10-4/h54-58,63H,7-53H2,1-6H3,(H,68,69)(H,70,71)/t54?,55?,56-,57+,58+/m0/s1. The lowest BCUT2D eigenvalue weighted by molar-refractivity contribution is -0.161. The van der Waals surface area contributed by atoms with Crippen LogP contribution < -0.4 is 0 Å². The lowest BCUT2D eigenvalue weighted by atomic mass is 9.99. The van der Waals surface area contributed by atoms with Gasteiger partial charge in [-0.2, -0.15) is 0 Å². The van der Waals surface area contributed by atoms with E-state index in [1.54, 1.807) is 0 Å². The van der Waals surface area contributed by atoms with Crippen LogP contribution >= 0.6 is 15.6 Å². The Balaban J connectivity index is 5.20. The van der Waals surface area contributed by atoms with Crippen molar-refractivity contribution in [1.29, 1.82) is 0 Å². The van der Waals surface area contributed by atoms with E-state index in [0.717, 1.165) is 108 Å². The maximum absolute atomic E-state index is 13.0. The van der Waals surface area contributed by atoms with Gasteiger partial charge in [-0.1, -0.05) is 253 Å². The van der Waals surface area contributed by atoms with E-state index < -0.39 is 97.5 Å². The highest BCUT2D eigenvalue weighted by Crippen LogP contribution is 2.45. The molecule has 0 heterocycles. The van der Waals surface area contributed by atoms with Gasteiger partial charge in [-0.05, 0) is 37.5 Å². The summed E-state index contributed by atoms with van der Waals surface area (Å²) in [6.07, 6.45) is 36.5. The lowest BCUT2D eigenvalue weighted by Gasteiger charge is -2.21. The van der Waals surface area contributed by atoms with Gasteiger partial charge in [-0.3, -0.25) is 37.3 Å². The molecule has 0 saturated heterocycles. The largest absolute Gasteiger partial charge is 0.472 e. The number of aliphatic hydroxyl groups is 1. The zero-order valence-corrected chi connectivity index (χ0v) is 53.9. The third-order valence-corrected chi connectivity index (χ3v) is 16.8. The van der Waals surface area contributed by atoms with Crippen molar-refractivity contribution < 1.29 is 80.2 Å². The van der Waals surface area contributed by atoms with E-state index in [0.29, 0.717) is 25.7 Å². The molecule has 17 nitrogen and oxygen atoms in total. The predicted octanol–water partition coefficient (Wildman–Crippen LogP) is 16.9. The first kappa shape index (κ1) is 79.1. The number of phosphoric ester groups is 2. The Bertz CT molecular complexity index is 1600. The Morgan fingerprint density at radius 1 is 0.346 bits per heavy atom. The molecule has 19 heteroatoms. The smallest absolute Gasteiger partial charge is 0.462 e. The zero-order chi connectivity index (χ0) is 60.1. The number of ether oxygens (including phenoxy) is 4. The number of aliphatic hydroxyl groups excluding tert-OH is 1. The van der Waals surface area contributed by atoms with Crippen LogP contribution in [0.15, 0.2) is 0 Å². The number of unbranched alkanes of at least 4 members (excludes halogenated alkanes) is 29. The van der Waals surface area contributed by atoms with Crippen molar-refractivity contribution in [1.82, 2.24) is 0 Å². The second kappa shape index (κ2) is 54.7. The molecular weight excluding hydrogens is 1080 g/mol. The zero-order valence-electron chi connectivity index (χ0n) is 52.1. The highest BCUT2D eigenvalue weighted by molar-refractivity contribution is 7.47. The third kappa shape index (κ3) is 54.5. The summed E-state index contributed by atoms with van der Waals surface area (Å²) in [5.74, 6) is -0.625. The number of rotatable bonds is 61. The number of hydrogen-bond donors (Lipinski definition) is 3. The van der Waals surface area contributed by atoms with Gasteiger partial charge in [0.25, 0.3) is 0 Å². The number of hydrogen-bond acceptors (Lipinski definition) is 15. The van der Waals surface area contributed by atoms with E-state index in [-0.39, 0.29) is 25.7 Å². The molecule has 7 atom stereocenters. The van der Waals surface area contributed by atoms with E-state index in [4.69, 9.17) is 37.0 Å². The van der Waals surface area contributed by atoms with Gasteiger partial charge in [0.2, 0.25) is 0 Å². The fraction of sp³-hybridized carbons (Fsp3) is 0.935. The molecular formula is C62H120O17P2. The molecule has 3 N–H and O–H groups in total. The Labute approximate surface area is 492 Å². The van der Waals surface area contributed by atoms with Crippen LogP contribution in [-0.2, 0) is 65.4 Å². The molecule has 4 unspecified atom stereocenters. The molecule has 480 valence electrons. The van der Waals surface area contributed by atoms with Crippen molar-refractivity contribution >= 4 is 39.5 Å². The first-order valence-corrected chi connectivity index (χ1v) is 35.6. The molecule has 0 rings (SSSR count). The van der Waals surface area contributed by atoms with Gasteiger partial charge in [0.05, 0.1) is 26.4 Å². The molecule has 0 saturated carbocycles. The van der Waals surface area contributed by atoms with Gasteiger partial charge < -0.3 is 33.8 Å². The van der Waals surface area contributed by atoms with Crippen molar-refractivity contribution in [3.8, 4) is 0 Å². The van der Waals surface area contributed by atoms with Crippen molar-refractivity contribution in [3.63, 3.8) is 0 Å². The molecule has 0 aliphatic carbocycles. The summed E-state index contributed by atoms with van der Waals surface area (Å²) in [6.45, 7) is 9.37. The highest BCUT2D eigenvalue weighted by Gasteiger charge is 2.30. The molecule has 0 fully saturated rings. The second-order valence-corrected chi connectivity index (χ2v) is 25.8. The van der Waals surface area contributed by atoms with E-state index in [1.165, 1.54) is 116 Å². The topological polar surface area (TPSA) is 237 Å². The van der Waals surface area contributed by atoms with E-state index in [2.05, 4.69) is 41.5 Å². The van der Waals surface area contributed by atoms with Gasteiger partial charge in [0.1, 0.15) is 19.3 Å². The average Bonchev–Trinajstić information content (AvgIpc) is 3.44.